The van der Waals surface area contributed by atoms with Gasteiger partial charge in [0, 0.05) is 33.9 Å². The second-order valence-corrected chi connectivity index (χ2v) is 11.1. The Labute approximate surface area is 192 Å². The van der Waals surface area contributed by atoms with Gasteiger partial charge >= 0.3 is 0 Å². The van der Waals surface area contributed by atoms with Gasteiger partial charge in [0.05, 0.1) is 13.7 Å². The van der Waals surface area contributed by atoms with E-state index < -0.39 is 0 Å². The van der Waals surface area contributed by atoms with E-state index in [1.54, 1.807) is 12.5 Å². The van der Waals surface area contributed by atoms with E-state index in [0.717, 1.165) is 39.3 Å². The highest BCUT2D eigenvalue weighted by molar-refractivity contribution is 7.79. The number of methoxy groups -OCH3 is 1. The van der Waals surface area contributed by atoms with Crippen molar-refractivity contribution >= 4 is 23.4 Å². The summed E-state index contributed by atoms with van der Waals surface area (Å²) in [5.74, 6) is 1.84. The molecule has 1 aliphatic heterocycles. The molecule has 2 aromatic carbocycles. The molecule has 0 unspecified atom stereocenters. The Bertz CT molecular complexity index is 1030. The van der Waals surface area contributed by atoms with Crippen molar-refractivity contribution < 1.29 is 14.3 Å². The fourth-order valence-corrected chi connectivity index (χ4v) is 4.51. The fourth-order valence-electron chi connectivity index (χ4n) is 4.32. The van der Waals surface area contributed by atoms with Crippen LogP contribution in [0.2, 0.25) is 0 Å². The molecule has 0 aliphatic carbocycles. The first-order valence-corrected chi connectivity index (χ1v) is 11.3. The molecule has 0 fully saturated rings. The molecular weight excluding hydrogens is 404 g/mol. The zero-order valence-corrected chi connectivity index (χ0v) is 20.8. The van der Waals surface area contributed by atoms with Crippen LogP contribution in [0.5, 0.6) is 11.5 Å². The van der Waals surface area contributed by atoms with Crippen LogP contribution in [0, 0.1) is 0 Å². The number of rotatable bonds is 6. The number of carbonyl (C=O) groups is 1. The number of hydrogen-bond acceptors (Lipinski definition) is 4. The Morgan fingerprint density at radius 1 is 1.13 bits per heavy atom. The molecule has 1 aliphatic rings. The van der Waals surface area contributed by atoms with Crippen molar-refractivity contribution in [3.8, 4) is 11.5 Å². The van der Waals surface area contributed by atoms with E-state index in [9.17, 15) is 4.79 Å². The molecule has 0 atom stereocenters. The molecule has 0 radical (unpaired) electrons. The molecule has 2 aromatic rings. The number of benzene rings is 2. The van der Waals surface area contributed by atoms with Crippen molar-refractivity contribution in [3.05, 3.63) is 58.1 Å². The van der Waals surface area contributed by atoms with Gasteiger partial charge in [0.25, 0.3) is 0 Å². The summed E-state index contributed by atoms with van der Waals surface area (Å²) < 4.78 is 11.4. The molecule has 31 heavy (non-hydrogen) atoms. The third kappa shape index (κ3) is 4.55. The lowest BCUT2D eigenvalue weighted by molar-refractivity contribution is 0.0958. The maximum absolute atomic E-state index is 13.5. The van der Waals surface area contributed by atoms with Crippen molar-refractivity contribution in [2.45, 2.75) is 71.1 Å². The van der Waals surface area contributed by atoms with Crippen molar-refractivity contribution in [2.75, 3.05) is 13.7 Å². The highest BCUT2D eigenvalue weighted by atomic mass is 32.1. The first kappa shape index (κ1) is 23.5. The van der Waals surface area contributed by atoms with Crippen LogP contribution in [0.3, 0.4) is 0 Å². The Hall–Kier alpha value is -2.20. The molecule has 0 bridgehead atoms. The Kier molecular flexibility index (Phi) is 6.09. The monoisotopic (exact) mass is 438 g/mol. The topological polar surface area (TPSA) is 35.5 Å². The quantitative estimate of drug-likeness (QED) is 0.378. The predicted molar refractivity (Wildman–Crippen MR) is 131 cm³/mol. The minimum atomic E-state index is -0.374. The second-order valence-electron chi connectivity index (χ2n) is 10.9. The van der Waals surface area contributed by atoms with Crippen LogP contribution in [-0.4, -0.2) is 24.9 Å². The normalized spacial score (nSPS) is 15.2. The van der Waals surface area contributed by atoms with Crippen LogP contribution < -0.4 is 9.47 Å². The van der Waals surface area contributed by atoms with Crippen LogP contribution in [0.25, 0.3) is 0 Å². The van der Waals surface area contributed by atoms with Gasteiger partial charge in [-0.1, -0.05) is 66.8 Å². The third-order valence-corrected chi connectivity index (χ3v) is 6.50. The standard InChI is InChI=1S/C27H34O3S/c1-25(2,3)21-12-17(13-22-24(21)30-16-27(22,6)7)23(28)14-26(4,5)20-10-9-19(29-8)11-18(20)15-31/h9-13,15H,14,16H2,1-8H3. The van der Waals surface area contributed by atoms with Gasteiger partial charge in [0.2, 0.25) is 0 Å². The van der Waals surface area contributed by atoms with Gasteiger partial charge in [-0.15, -0.1) is 0 Å². The summed E-state index contributed by atoms with van der Waals surface area (Å²) in [7, 11) is 1.64. The molecular formula is C27H34O3S. The van der Waals surface area contributed by atoms with Gasteiger partial charge in [0.1, 0.15) is 11.5 Å². The maximum atomic E-state index is 13.5. The SMILES string of the molecule is COc1ccc(C(C)(C)CC(=O)c2cc(C(C)(C)C)c3c(c2)C(C)(C)CO3)c(C=S)c1. The van der Waals surface area contributed by atoms with E-state index in [1.165, 1.54) is 0 Å². The van der Waals surface area contributed by atoms with E-state index in [2.05, 4.69) is 48.5 Å². The highest BCUT2D eigenvalue weighted by Gasteiger charge is 2.37. The summed E-state index contributed by atoms with van der Waals surface area (Å²) in [5, 5.41) is 1.66. The highest BCUT2D eigenvalue weighted by Crippen LogP contribution is 2.45. The molecule has 166 valence electrons. The molecule has 0 spiro atoms. The van der Waals surface area contributed by atoms with Crippen LogP contribution in [0.4, 0.5) is 0 Å². The fraction of sp³-hybridized carbons (Fsp3) is 0.481. The maximum Gasteiger partial charge on any atom is 0.163 e. The number of Topliss-reactive ketones (excluding diaryl/α,β-unsaturated/α-hetero) is 1. The van der Waals surface area contributed by atoms with E-state index in [0.29, 0.717) is 13.0 Å². The largest absolute Gasteiger partial charge is 0.497 e. The van der Waals surface area contributed by atoms with E-state index in [1.807, 2.05) is 30.3 Å². The number of ketones is 1. The van der Waals surface area contributed by atoms with Crippen LogP contribution >= 0.6 is 12.2 Å². The van der Waals surface area contributed by atoms with Gasteiger partial charge in [-0.3, -0.25) is 4.79 Å². The van der Waals surface area contributed by atoms with Crippen LogP contribution in [0.15, 0.2) is 30.3 Å². The number of carbonyl (C=O) groups excluding carboxylic acids is 1. The van der Waals surface area contributed by atoms with Crippen molar-refractivity contribution in [2.24, 2.45) is 0 Å². The average molecular weight is 439 g/mol. The summed E-state index contributed by atoms with van der Waals surface area (Å²) >= 11 is 5.25. The lowest BCUT2D eigenvalue weighted by atomic mass is 9.75. The average Bonchev–Trinajstić information content (AvgIpc) is 3.00. The lowest BCUT2D eigenvalue weighted by Gasteiger charge is -2.28. The molecule has 0 aromatic heterocycles. The molecule has 3 nitrogen and oxygen atoms in total. The van der Waals surface area contributed by atoms with Gasteiger partial charge in [-0.05, 0) is 46.2 Å². The Morgan fingerprint density at radius 3 is 2.39 bits per heavy atom. The molecule has 0 N–H and O–H groups in total. The first-order valence-electron chi connectivity index (χ1n) is 10.8. The molecule has 4 heteroatoms. The minimum Gasteiger partial charge on any atom is -0.497 e. The minimum absolute atomic E-state index is 0.110. The first-order chi connectivity index (χ1) is 14.3. The number of hydrogen-bond donors (Lipinski definition) is 0. The Balaban J connectivity index is 2.02. The van der Waals surface area contributed by atoms with Gasteiger partial charge in [-0.2, -0.15) is 0 Å². The summed E-state index contributed by atoms with van der Waals surface area (Å²) in [5.41, 5.74) is 4.36. The molecule has 1 heterocycles. The smallest absolute Gasteiger partial charge is 0.163 e. The summed E-state index contributed by atoms with van der Waals surface area (Å²) in [6.07, 6.45) is 0.388. The van der Waals surface area contributed by atoms with E-state index in [-0.39, 0.29) is 22.0 Å². The van der Waals surface area contributed by atoms with E-state index >= 15 is 0 Å². The Morgan fingerprint density at radius 2 is 1.81 bits per heavy atom. The zero-order chi connectivity index (χ0) is 23.2. The number of ether oxygens (including phenoxy) is 2. The van der Waals surface area contributed by atoms with Crippen LogP contribution in [-0.2, 0) is 16.2 Å². The van der Waals surface area contributed by atoms with Gasteiger partial charge < -0.3 is 9.47 Å². The second kappa shape index (κ2) is 8.05. The van der Waals surface area contributed by atoms with Crippen molar-refractivity contribution in [3.63, 3.8) is 0 Å². The zero-order valence-electron chi connectivity index (χ0n) is 20.0. The van der Waals surface area contributed by atoms with Crippen molar-refractivity contribution in [1.82, 2.24) is 0 Å². The van der Waals surface area contributed by atoms with Crippen LogP contribution in [0.1, 0.15) is 87.5 Å². The predicted octanol–water partition coefficient (Wildman–Crippen LogP) is 6.56. The third-order valence-electron chi connectivity index (χ3n) is 6.24. The summed E-state index contributed by atoms with van der Waals surface area (Å²) in [4.78, 5) is 13.5. The lowest BCUT2D eigenvalue weighted by Crippen LogP contribution is -2.24. The number of thiocarbonyl (C=S) groups is 1. The molecule has 0 saturated carbocycles. The van der Waals surface area contributed by atoms with Gasteiger partial charge in [0.15, 0.2) is 5.78 Å². The number of fused-ring (bicyclic) bond motifs is 1. The van der Waals surface area contributed by atoms with Crippen molar-refractivity contribution in [1.29, 1.82) is 0 Å². The van der Waals surface area contributed by atoms with E-state index in [4.69, 9.17) is 21.7 Å². The molecule has 3 rings (SSSR count). The summed E-state index contributed by atoms with van der Waals surface area (Å²) in [6.45, 7) is 15.7. The molecule has 0 amide bonds. The molecule has 0 saturated heterocycles. The summed E-state index contributed by atoms with van der Waals surface area (Å²) in [6, 6.07) is 9.96. The van der Waals surface area contributed by atoms with Gasteiger partial charge in [-0.25, -0.2) is 0 Å².